The first kappa shape index (κ1) is 7.54. The van der Waals surface area contributed by atoms with Gasteiger partial charge in [0.2, 0.25) is 0 Å². The maximum Gasteiger partial charge on any atom is 0.311 e. The summed E-state index contributed by atoms with van der Waals surface area (Å²) >= 11 is 0. The molecule has 0 aromatic rings. The minimum atomic E-state index is -0.148. The lowest BCUT2D eigenvalue weighted by molar-refractivity contribution is -0.148. The van der Waals surface area contributed by atoms with Crippen LogP contribution in [0.3, 0.4) is 0 Å². The van der Waals surface area contributed by atoms with Crippen molar-refractivity contribution in [2.45, 2.75) is 20.0 Å². The number of hydrogen-bond donors (Lipinski definition) is 0. The standard InChI is InChI=1S/C7H12O3/c1-3-9-7(8)5(2)6-4-10-6/h5-6H,3-4H2,1-2H3. The average molecular weight is 144 g/mol. The molecule has 0 radical (unpaired) electrons. The lowest BCUT2D eigenvalue weighted by Crippen LogP contribution is -2.19. The van der Waals surface area contributed by atoms with Crippen LogP contribution in [-0.4, -0.2) is 25.3 Å². The Morgan fingerprint density at radius 3 is 2.90 bits per heavy atom. The predicted molar refractivity (Wildman–Crippen MR) is 35.5 cm³/mol. The number of rotatable bonds is 3. The summed E-state index contributed by atoms with van der Waals surface area (Å²) < 4.78 is 9.72. The number of epoxide rings is 1. The van der Waals surface area contributed by atoms with Gasteiger partial charge in [-0.1, -0.05) is 0 Å². The van der Waals surface area contributed by atoms with Gasteiger partial charge in [-0.25, -0.2) is 0 Å². The summed E-state index contributed by atoms with van der Waals surface area (Å²) in [5.74, 6) is -0.232. The summed E-state index contributed by atoms with van der Waals surface area (Å²) in [4.78, 5) is 10.9. The van der Waals surface area contributed by atoms with Crippen molar-refractivity contribution in [1.29, 1.82) is 0 Å². The molecule has 1 saturated heterocycles. The average Bonchev–Trinajstić information content (AvgIpc) is 2.68. The molecule has 0 aliphatic carbocycles. The largest absolute Gasteiger partial charge is 0.466 e. The second kappa shape index (κ2) is 3.01. The normalized spacial score (nSPS) is 25.6. The van der Waals surface area contributed by atoms with E-state index in [1.54, 1.807) is 6.92 Å². The first-order chi connectivity index (χ1) is 4.75. The van der Waals surface area contributed by atoms with Gasteiger partial charge in [-0.3, -0.25) is 4.79 Å². The second-order valence-electron chi connectivity index (χ2n) is 2.41. The van der Waals surface area contributed by atoms with Gasteiger partial charge in [0.1, 0.15) is 0 Å². The van der Waals surface area contributed by atoms with Crippen molar-refractivity contribution in [2.24, 2.45) is 5.92 Å². The molecule has 1 aliphatic heterocycles. The van der Waals surface area contributed by atoms with E-state index in [1.807, 2.05) is 6.92 Å². The third-order valence-corrected chi connectivity index (χ3v) is 1.58. The maximum absolute atomic E-state index is 10.9. The summed E-state index contributed by atoms with van der Waals surface area (Å²) in [5.41, 5.74) is 0. The van der Waals surface area contributed by atoms with Crippen molar-refractivity contribution in [1.82, 2.24) is 0 Å². The molecule has 1 rings (SSSR count). The molecule has 0 N–H and O–H groups in total. The van der Waals surface area contributed by atoms with E-state index in [-0.39, 0.29) is 18.0 Å². The Morgan fingerprint density at radius 2 is 2.50 bits per heavy atom. The number of hydrogen-bond acceptors (Lipinski definition) is 3. The number of esters is 1. The fraction of sp³-hybridized carbons (Fsp3) is 0.857. The van der Waals surface area contributed by atoms with Crippen LogP contribution < -0.4 is 0 Å². The molecule has 1 heterocycles. The Morgan fingerprint density at radius 1 is 1.90 bits per heavy atom. The number of carbonyl (C=O) groups excluding carboxylic acids is 1. The SMILES string of the molecule is CCOC(=O)C(C)C1CO1. The predicted octanol–water partition coefficient (Wildman–Crippen LogP) is 0.584. The van der Waals surface area contributed by atoms with Crippen LogP contribution in [0.4, 0.5) is 0 Å². The minimum Gasteiger partial charge on any atom is -0.466 e. The van der Waals surface area contributed by atoms with Gasteiger partial charge in [0.15, 0.2) is 0 Å². The third kappa shape index (κ3) is 1.70. The van der Waals surface area contributed by atoms with E-state index in [0.29, 0.717) is 13.2 Å². The van der Waals surface area contributed by atoms with Crippen molar-refractivity contribution < 1.29 is 14.3 Å². The van der Waals surface area contributed by atoms with Crippen LogP contribution in [0.25, 0.3) is 0 Å². The van der Waals surface area contributed by atoms with Crippen LogP contribution >= 0.6 is 0 Å². The third-order valence-electron chi connectivity index (χ3n) is 1.58. The lowest BCUT2D eigenvalue weighted by Gasteiger charge is -2.05. The van der Waals surface area contributed by atoms with Crippen LogP contribution in [0.1, 0.15) is 13.8 Å². The van der Waals surface area contributed by atoms with E-state index >= 15 is 0 Å². The van der Waals surface area contributed by atoms with Crippen LogP contribution in [0, 0.1) is 5.92 Å². The highest BCUT2D eigenvalue weighted by atomic mass is 16.6. The zero-order chi connectivity index (χ0) is 7.56. The van der Waals surface area contributed by atoms with Gasteiger partial charge < -0.3 is 9.47 Å². The molecular weight excluding hydrogens is 132 g/mol. The van der Waals surface area contributed by atoms with Gasteiger partial charge in [0.25, 0.3) is 0 Å². The van der Waals surface area contributed by atoms with Crippen molar-refractivity contribution in [3.63, 3.8) is 0 Å². The van der Waals surface area contributed by atoms with Crippen molar-refractivity contribution in [2.75, 3.05) is 13.2 Å². The molecule has 0 saturated carbocycles. The molecule has 0 aromatic heterocycles. The van der Waals surface area contributed by atoms with E-state index in [4.69, 9.17) is 9.47 Å². The van der Waals surface area contributed by atoms with Crippen molar-refractivity contribution >= 4 is 5.97 Å². The Balaban J connectivity index is 2.24. The molecule has 3 nitrogen and oxygen atoms in total. The molecule has 10 heavy (non-hydrogen) atoms. The zero-order valence-corrected chi connectivity index (χ0v) is 6.29. The van der Waals surface area contributed by atoms with Gasteiger partial charge in [-0.2, -0.15) is 0 Å². The van der Waals surface area contributed by atoms with Crippen LogP contribution in [0.15, 0.2) is 0 Å². The number of carbonyl (C=O) groups is 1. The monoisotopic (exact) mass is 144 g/mol. The molecule has 2 unspecified atom stereocenters. The van der Waals surface area contributed by atoms with E-state index < -0.39 is 0 Å². The van der Waals surface area contributed by atoms with Crippen molar-refractivity contribution in [3.8, 4) is 0 Å². The van der Waals surface area contributed by atoms with E-state index in [0.717, 1.165) is 0 Å². The Labute approximate surface area is 60.3 Å². The lowest BCUT2D eigenvalue weighted by atomic mass is 10.1. The smallest absolute Gasteiger partial charge is 0.311 e. The van der Waals surface area contributed by atoms with Gasteiger partial charge in [0.05, 0.1) is 25.2 Å². The molecule has 0 amide bonds. The molecule has 3 heteroatoms. The van der Waals surface area contributed by atoms with Gasteiger partial charge >= 0.3 is 5.97 Å². The molecule has 0 aromatic carbocycles. The highest BCUT2D eigenvalue weighted by molar-refractivity contribution is 5.73. The minimum absolute atomic E-state index is 0.0834. The maximum atomic E-state index is 10.9. The molecule has 0 spiro atoms. The van der Waals surface area contributed by atoms with Gasteiger partial charge in [0, 0.05) is 0 Å². The quantitative estimate of drug-likeness (QED) is 0.429. The Kier molecular flexibility index (Phi) is 2.27. The van der Waals surface area contributed by atoms with Crippen LogP contribution in [0.5, 0.6) is 0 Å². The summed E-state index contributed by atoms with van der Waals surface area (Å²) in [6, 6.07) is 0. The second-order valence-corrected chi connectivity index (χ2v) is 2.41. The fourth-order valence-electron chi connectivity index (χ4n) is 0.770. The summed E-state index contributed by atoms with van der Waals surface area (Å²) in [6.07, 6.45) is 0.124. The van der Waals surface area contributed by atoms with E-state index in [2.05, 4.69) is 0 Å². The topological polar surface area (TPSA) is 38.8 Å². The highest BCUT2D eigenvalue weighted by Crippen LogP contribution is 2.20. The molecular formula is C7H12O3. The van der Waals surface area contributed by atoms with Crippen molar-refractivity contribution in [3.05, 3.63) is 0 Å². The summed E-state index contributed by atoms with van der Waals surface area (Å²) in [6.45, 7) is 4.80. The molecule has 1 aliphatic rings. The zero-order valence-electron chi connectivity index (χ0n) is 6.29. The molecule has 1 fully saturated rings. The molecule has 0 bridgehead atoms. The Hall–Kier alpha value is -0.570. The number of ether oxygens (including phenoxy) is 2. The van der Waals surface area contributed by atoms with Gasteiger partial charge in [-0.15, -0.1) is 0 Å². The molecule has 58 valence electrons. The first-order valence-corrected chi connectivity index (χ1v) is 3.54. The highest BCUT2D eigenvalue weighted by Gasteiger charge is 2.34. The summed E-state index contributed by atoms with van der Waals surface area (Å²) in [7, 11) is 0. The van der Waals surface area contributed by atoms with E-state index in [9.17, 15) is 4.79 Å². The van der Waals surface area contributed by atoms with Gasteiger partial charge in [-0.05, 0) is 13.8 Å². The molecule has 2 atom stereocenters. The fourth-order valence-corrected chi connectivity index (χ4v) is 0.770. The van der Waals surface area contributed by atoms with Crippen LogP contribution in [0.2, 0.25) is 0 Å². The van der Waals surface area contributed by atoms with Crippen LogP contribution in [-0.2, 0) is 14.3 Å². The van der Waals surface area contributed by atoms with E-state index in [1.165, 1.54) is 0 Å². The first-order valence-electron chi connectivity index (χ1n) is 3.54. The summed E-state index contributed by atoms with van der Waals surface area (Å²) in [5, 5.41) is 0. The Bertz CT molecular complexity index is 129.